The van der Waals surface area contributed by atoms with Crippen molar-refractivity contribution in [1.29, 1.82) is 0 Å². The summed E-state index contributed by atoms with van der Waals surface area (Å²) in [5.74, 6) is 0.625. The van der Waals surface area contributed by atoms with Gasteiger partial charge in [0.1, 0.15) is 0 Å². The van der Waals surface area contributed by atoms with E-state index in [-0.39, 0.29) is 17.6 Å². The van der Waals surface area contributed by atoms with Gasteiger partial charge in [-0.25, -0.2) is 9.48 Å². The van der Waals surface area contributed by atoms with Gasteiger partial charge in [0.25, 0.3) is 5.91 Å². The Labute approximate surface area is 146 Å². The molecule has 0 bridgehead atoms. The third-order valence-corrected chi connectivity index (χ3v) is 5.61. The molecule has 0 radical (unpaired) electrons. The molecule has 0 saturated heterocycles. The number of amides is 1. The number of carbonyl (C=O) groups is 1. The molecule has 24 heavy (non-hydrogen) atoms. The number of rotatable bonds is 6. The average molecular weight is 360 g/mol. The van der Waals surface area contributed by atoms with Crippen LogP contribution in [-0.4, -0.2) is 26.8 Å². The molecule has 1 amide bonds. The maximum absolute atomic E-state index is 12.6. The van der Waals surface area contributed by atoms with Gasteiger partial charge in [0, 0.05) is 12.6 Å². The fourth-order valence-electron chi connectivity index (χ4n) is 2.57. The summed E-state index contributed by atoms with van der Waals surface area (Å²) in [6.45, 7) is 0.746. The molecular formula is C16H16N4O2S2. The summed E-state index contributed by atoms with van der Waals surface area (Å²) in [7, 11) is 0. The minimum atomic E-state index is -0.113. The van der Waals surface area contributed by atoms with Gasteiger partial charge in [-0.15, -0.1) is 27.8 Å². The lowest BCUT2D eigenvalue weighted by molar-refractivity contribution is 0.0956. The third kappa shape index (κ3) is 2.94. The van der Waals surface area contributed by atoms with Crippen molar-refractivity contribution in [3.63, 3.8) is 0 Å². The predicted molar refractivity (Wildman–Crippen MR) is 94.7 cm³/mol. The van der Waals surface area contributed by atoms with Crippen LogP contribution < -0.4 is 11.0 Å². The number of aromatic nitrogens is 3. The monoisotopic (exact) mass is 360 g/mol. The number of hydrogen-bond donors (Lipinski definition) is 1. The normalized spacial score (nSPS) is 14.0. The second-order valence-corrected chi connectivity index (χ2v) is 7.54. The van der Waals surface area contributed by atoms with Crippen molar-refractivity contribution >= 4 is 28.6 Å². The Morgan fingerprint density at radius 2 is 2.04 bits per heavy atom. The van der Waals surface area contributed by atoms with Crippen LogP contribution in [0.15, 0.2) is 39.8 Å². The number of nitrogens with one attached hydrogen (secondary N) is 1. The maximum atomic E-state index is 12.6. The molecule has 1 saturated carbocycles. The first-order valence-electron chi connectivity index (χ1n) is 7.79. The van der Waals surface area contributed by atoms with Gasteiger partial charge >= 0.3 is 5.69 Å². The fraction of sp³-hybridized carbons (Fsp3) is 0.312. The first kappa shape index (κ1) is 15.3. The Balaban J connectivity index is 1.50. The van der Waals surface area contributed by atoms with Crippen LogP contribution in [-0.2, 0) is 6.54 Å². The van der Waals surface area contributed by atoms with Crippen molar-refractivity contribution in [1.82, 2.24) is 19.7 Å². The summed E-state index contributed by atoms with van der Waals surface area (Å²) >= 11 is 2.98. The zero-order valence-corrected chi connectivity index (χ0v) is 14.5. The van der Waals surface area contributed by atoms with E-state index in [4.69, 9.17) is 0 Å². The maximum Gasteiger partial charge on any atom is 0.346 e. The molecule has 3 heterocycles. The second kappa shape index (κ2) is 6.37. The average Bonchev–Trinajstić information content (AvgIpc) is 3.01. The smallest absolute Gasteiger partial charge is 0.346 e. The lowest BCUT2D eigenvalue weighted by Gasteiger charge is -2.02. The van der Waals surface area contributed by atoms with Crippen molar-refractivity contribution in [3.8, 4) is 10.7 Å². The SMILES string of the molecule is O=C(NCCn1nc(-c2cccs2)n(C2CC2)c1=O)c1cccs1. The lowest BCUT2D eigenvalue weighted by Crippen LogP contribution is -2.31. The molecule has 0 spiro atoms. The molecule has 1 aliphatic carbocycles. The number of nitrogens with zero attached hydrogens (tertiary/aromatic N) is 3. The summed E-state index contributed by atoms with van der Waals surface area (Å²) in [5.41, 5.74) is -0.0914. The summed E-state index contributed by atoms with van der Waals surface area (Å²) < 4.78 is 3.26. The Hall–Kier alpha value is -2.19. The number of thiophene rings is 2. The standard InChI is InChI=1S/C16H16N4O2S2/c21-15(13-4-2-10-24-13)17-7-8-19-16(22)20(11-5-6-11)14(18-19)12-3-1-9-23-12/h1-4,9-11H,5-8H2,(H,17,21). The van der Waals surface area contributed by atoms with Crippen molar-refractivity contribution in [3.05, 3.63) is 50.4 Å². The van der Waals surface area contributed by atoms with Crippen LogP contribution in [0.25, 0.3) is 10.7 Å². The van der Waals surface area contributed by atoms with E-state index in [0.717, 1.165) is 23.5 Å². The van der Waals surface area contributed by atoms with E-state index >= 15 is 0 Å². The Bertz CT molecular complexity index is 889. The zero-order chi connectivity index (χ0) is 16.5. The Kier molecular flexibility index (Phi) is 4.07. The lowest BCUT2D eigenvalue weighted by atomic mass is 10.4. The number of carbonyl (C=O) groups excluding carboxylic acids is 1. The van der Waals surface area contributed by atoms with Gasteiger partial charge < -0.3 is 5.32 Å². The molecule has 0 aliphatic heterocycles. The molecule has 4 rings (SSSR count). The molecular weight excluding hydrogens is 344 g/mol. The molecule has 124 valence electrons. The van der Waals surface area contributed by atoms with Gasteiger partial charge in [0.2, 0.25) is 0 Å². The molecule has 1 aliphatic rings. The van der Waals surface area contributed by atoms with E-state index < -0.39 is 0 Å². The summed E-state index contributed by atoms with van der Waals surface area (Å²) in [5, 5.41) is 11.2. The molecule has 0 aromatic carbocycles. The molecule has 1 fully saturated rings. The first-order chi connectivity index (χ1) is 11.7. The van der Waals surface area contributed by atoms with E-state index in [1.165, 1.54) is 16.0 Å². The predicted octanol–water partition coefficient (Wildman–Crippen LogP) is 2.60. The van der Waals surface area contributed by atoms with Gasteiger partial charge in [-0.2, -0.15) is 0 Å². The van der Waals surface area contributed by atoms with Gasteiger partial charge in [0.05, 0.1) is 16.3 Å². The molecule has 6 nitrogen and oxygen atoms in total. The molecule has 3 aromatic rings. The highest BCUT2D eigenvalue weighted by Gasteiger charge is 2.30. The first-order valence-corrected chi connectivity index (χ1v) is 9.55. The topological polar surface area (TPSA) is 68.9 Å². The van der Waals surface area contributed by atoms with Gasteiger partial charge in [-0.3, -0.25) is 9.36 Å². The van der Waals surface area contributed by atoms with Crippen LogP contribution in [0.4, 0.5) is 0 Å². The minimum Gasteiger partial charge on any atom is -0.349 e. The quantitative estimate of drug-likeness (QED) is 0.735. The van der Waals surface area contributed by atoms with E-state index in [1.54, 1.807) is 22.0 Å². The van der Waals surface area contributed by atoms with Crippen LogP contribution in [0.2, 0.25) is 0 Å². The van der Waals surface area contributed by atoms with Gasteiger partial charge in [0.15, 0.2) is 5.82 Å². The highest BCUT2D eigenvalue weighted by atomic mass is 32.1. The molecule has 3 aromatic heterocycles. The van der Waals surface area contributed by atoms with Crippen molar-refractivity contribution in [2.24, 2.45) is 0 Å². The second-order valence-electron chi connectivity index (χ2n) is 5.64. The van der Waals surface area contributed by atoms with Crippen molar-refractivity contribution in [2.75, 3.05) is 6.54 Å². The summed E-state index contributed by atoms with van der Waals surface area (Å²) in [4.78, 5) is 26.2. The van der Waals surface area contributed by atoms with Crippen LogP contribution in [0.3, 0.4) is 0 Å². The van der Waals surface area contributed by atoms with Crippen molar-refractivity contribution in [2.45, 2.75) is 25.4 Å². The highest BCUT2D eigenvalue weighted by Crippen LogP contribution is 2.37. The molecule has 8 heteroatoms. The van der Waals surface area contributed by atoms with E-state index in [9.17, 15) is 9.59 Å². The zero-order valence-electron chi connectivity index (χ0n) is 12.8. The highest BCUT2D eigenvalue weighted by molar-refractivity contribution is 7.13. The molecule has 1 N–H and O–H groups in total. The minimum absolute atomic E-state index is 0.0914. The van der Waals surface area contributed by atoms with E-state index in [2.05, 4.69) is 10.4 Å². The van der Waals surface area contributed by atoms with Crippen molar-refractivity contribution < 1.29 is 4.79 Å². The van der Waals surface area contributed by atoms with Crippen LogP contribution >= 0.6 is 22.7 Å². The molecule has 0 atom stereocenters. The Morgan fingerprint density at radius 1 is 1.25 bits per heavy atom. The van der Waals surface area contributed by atoms with Gasteiger partial charge in [-0.05, 0) is 35.7 Å². The summed E-state index contributed by atoms with van der Waals surface area (Å²) in [6.07, 6.45) is 2.05. The van der Waals surface area contributed by atoms with Crippen LogP contribution in [0.5, 0.6) is 0 Å². The third-order valence-electron chi connectivity index (χ3n) is 3.88. The fourth-order valence-corrected chi connectivity index (χ4v) is 3.92. The van der Waals surface area contributed by atoms with Crippen LogP contribution in [0, 0.1) is 0 Å². The van der Waals surface area contributed by atoms with E-state index in [0.29, 0.717) is 18.0 Å². The van der Waals surface area contributed by atoms with Crippen LogP contribution in [0.1, 0.15) is 28.6 Å². The summed E-state index contributed by atoms with van der Waals surface area (Å²) in [6, 6.07) is 7.83. The van der Waals surface area contributed by atoms with E-state index in [1.807, 2.05) is 29.0 Å². The van der Waals surface area contributed by atoms with Gasteiger partial charge in [-0.1, -0.05) is 12.1 Å². The molecule has 0 unspecified atom stereocenters. The Morgan fingerprint density at radius 3 is 2.71 bits per heavy atom. The largest absolute Gasteiger partial charge is 0.349 e. The number of hydrogen-bond acceptors (Lipinski definition) is 5.